The third-order valence-corrected chi connectivity index (χ3v) is 4.28. The maximum absolute atomic E-state index is 12.3. The highest BCUT2D eigenvalue weighted by Crippen LogP contribution is 2.23. The SMILES string of the molecule is Cc1ccc(C(=O)Nc2ccc(N3CCCC3=O)cc2)cc1C. The van der Waals surface area contributed by atoms with Crippen LogP contribution in [0.25, 0.3) is 0 Å². The summed E-state index contributed by atoms with van der Waals surface area (Å²) in [7, 11) is 0. The lowest BCUT2D eigenvalue weighted by Crippen LogP contribution is -2.23. The van der Waals surface area contributed by atoms with Crippen LogP contribution in [0.3, 0.4) is 0 Å². The van der Waals surface area contributed by atoms with Gasteiger partial charge in [-0.2, -0.15) is 0 Å². The predicted molar refractivity (Wildman–Crippen MR) is 91.9 cm³/mol. The lowest BCUT2D eigenvalue weighted by Gasteiger charge is -2.16. The van der Waals surface area contributed by atoms with E-state index < -0.39 is 0 Å². The first-order valence-corrected chi connectivity index (χ1v) is 7.83. The van der Waals surface area contributed by atoms with Crippen LogP contribution >= 0.6 is 0 Å². The lowest BCUT2D eigenvalue weighted by atomic mass is 10.1. The Morgan fingerprint density at radius 2 is 1.78 bits per heavy atom. The van der Waals surface area contributed by atoms with Crippen LogP contribution in [0.4, 0.5) is 11.4 Å². The van der Waals surface area contributed by atoms with Gasteiger partial charge in [-0.15, -0.1) is 0 Å². The second kappa shape index (κ2) is 6.24. The highest BCUT2D eigenvalue weighted by atomic mass is 16.2. The standard InChI is InChI=1S/C19H20N2O2/c1-13-5-6-15(12-14(13)2)19(23)20-16-7-9-17(10-8-16)21-11-3-4-18(21)22/h5-10,12H,3-4,11H2,1-2H3,(H,20,23). The topological polar surface area (TPSA) is 49.4 Å². The van der Waals surface area contributed by atoms with E-state index in [-0.39, 0.29) is 11.8 Å². The molecule has 1 fully saturated rings. The quantitative estimate of drug-likeness (QED) is 0.940. The van der Waals surface area contributed by atoms with Gasteiger partial charge >= 0.3 is 0 Å². The normalized spacial score (nSPS) is 14.2. The van der Waals surface area contributed by atoms with E-state index in [9.17, 15) is 9.59 Å². The third-order valence-electron chi connectivity index (χ3n) is 4.28. The molecule has 1 saturated heterocycles. The first kappa shape index (κ1) is 15.3. The summed E-state index contributed by atoms with van der Waals surface area (Å²) in [5.41, 5.74) is 4.52. The van der Waals surface area contributed by atoms with E-state index in [1.807, 2.05) is 56.3 Å². The molecule has 23 heavy (non-hydrogen) atoms. The van der Waals surface area contributed by atoms with E-state index in [0.29, 0.717) is 12.0 Å². The average molecular weight is 308 g/mol. The molecule has 1 N–H and O–H groups in total. The van der Waals surface area contributed by atoms with Gasteiger partial charge in [-0.3, -0.25) is 9.59 Å². The number of amides is 2. The summed E-state index contributed by atoms with van der Waals surface area (Å²) >= 11 is 0. The van der Waals surface area contributed by atoms with Crippen molar-refractivity contribution >= 4 is 23.2 Å². The fraction of sp³-hybridized carbons (Fsp3) is 0.263. The number of rotatable bonds is 3. The Labute approximate surface area is 136 Å². The van der Waals surface area contributed by atoms with Crippen LogP contribution in [-0.4, -0.2) is 18.4 Å². The zero-order valence-electron chi connectivity index (χ0n) is 13.4. The molecule has 0 aliphatic carbocycles. The molecule has 0 spiro atoms. The summed E-state index contributed by atoms with van der Waals surface area (Å²) < 4.78 is 0. The minimum atomic E-state index is -0.127. The van der Waals surface area contributed by atoms with Crippen LogP contribution in [0.15, 0.2) is 42.5 Å². The van der Waals surface area contributed by atoms with Crippen molar-refractivity contribution in [2.45, 2.75) is 26.7 Å². The molecule has 0 saturated carbocycles. The molecule has 0 bridgehead atoms. The van der Waals surface area contributed by atoms with Crippen molar-refractivity contribution in [3.05, 3.63) is 59.2 Å². The second-order valence-corrected chi connectivity index (χ2v) is 5.95. The number of hydrogen-bond donors (Lipinski definition) is 1. The van der Waals surface area contributed by atoms with Crippen molar-refractivity contribution in [1.29, 1.82) is 0 Å². The summed E-state index contributed by atoms with van der Waals surface area (Å²) in [5.74, 6) is 0.0371. The molecular weight excluding hydrogens is 288 g/mol. The number of hydrogen-bond acceptors (Lipinski definition) is 2. The Hall–Kier alpha value is -2.62. The molecule has 2 aromatic rings. The molecule has 2 amide bonds. The van der Waals surface area contributed by atoms with E-state index in [1.54, 1.807) is 4.90 Å². The Morgan fingerprint density at radius 1 is 1.04 bits per heavy atom. The molecule has 1 heterocycles. The Kier molecular flexibility index (Phi) is 4.15. The molecule has 118 valence electrons. The van der Waals surface area contributed by atoms with Gasteiger partial charge in [0.25, 0.3) is 5.91 Å². The average Bonchev–Trinajstić information content (AvgIpc) is 2.97. The molecule has 0 unspecified atom stereocenters. The van der Waals surface area contributed by atoms with Gasteiger partial charge in [0.15, 0.2) is 0 Å². The number of carbonyl (C=O) groups excluding carboxylic acids is 2. The van der Waals surface area contributed by atoms with Crippen molar-refractivity contribution in [1.82, 2.24) is 0 Å². The van der Waals surface area contributed by atoms with Crippen molar-refractivity contribution in [3.63, 3.8) is 0 Å². The van der Waals surface area contributed by atoms with Crippen LogP contribution in [0.5, 0.6) is 0 Å². The third kappa shape index (κ3) is 3.26. The van der Waals surface area contributed by atoms with Crippen LogP contribution in [-0.2, 0) is 4.79 Å². The van der Waals surface area contributed by atoms with Gasteiger partial charge in [-0.05, 0) is 67.8 Å². The van der Waals surface area contributed by atoms with E-state index in [1.165, 1.54) is 5.56 Å². The second-order valence-electron chi connectivity index (χ2n) is 5.95. The zero-order chi connectivity index (χ0) is 16.4. The fourth-order valence-corrected chi connectivity index (χ4v) is 2.73. The molecule has 0 radical (unpaired) electrons. The van der Waals surface area contributed by atoms with Gasteiger partial charge in [-0.1, -0.05) is 6.07 Å². The molecule has 0 aromatic heterocycles. The zero-order valence-corrected chi connectivity index (χ0v) is 13.4. The van der Waals surface area contributed by atoms with Crippen LogP contribution in [0, 0.1) is 13.8 Å². The number of nitrogens with one attached hydrogen (secondary N) is 1. The monoisotopic (exact) mass is 308 g/mol. The molecule has 1 aliphatic rings. The first-order chi connectivity index (χ1) is 11.0. The van der Waals surface area contributed by atoms with Crippen LogP contribution in [0.1, 0.15) is 34.3 Å². The number of anilines is 2. The Bertz CT molecular complexity index is 750. The predicted octanol–water partition coefficient (Wildman–Crippen LogP) is 3.68. The minimum Gasteiger partial charge on any atom is -0.322 e. The molecule has 4 nitrogen and oxygen atoms in total. The van der Waals surface area contributed by atoms with E-state index >= 15 is 0 Å². The maximum Gasteiger partial charge on any atom is 0.255 e. The summed E-state index contributed by atoms with van der Waals surface area (Å²) in [6.07, 6.45) is 1.52. The van der Waals surface area contributed by atoms with Gasteiger partial charge in [0, 0.05) is 29.9 Å². The minimum absolute atomic E-state index is 0.127. The van der Waals surface area contributed by atoms with Crippen molar-refractivity contribution in [3.8, 4) is 0 Å². The van der Waals surface area contributed by atoms with Gasteiger partial charge in [0.05, 0.1) is 0 Å². The van der Waals surface area contributed by atoms with Crippen molar-refractivity contribution in [2.75, 3.05) is 16.8 Å². The van der Waals surface area contributed by atoms with Gasteiger partial charge in [-0.25, -0.2) is 0 Å². The summed E-state index contributed by atoms with van der Waals surface area (Å²) in [6.45, 7) is 4.79. The van der Waals surface area contributed by atoms with Crippen LogP contribution < -0.4 is 10.2 Å². The van der Waals surface area contributed by atoms with Gasteiger partial charge in [0.1, 0.15) is 0 Å². The van der Waals surface area contributed by atoms with Crippen molar-refractivity contribution in [2.24, 2.45) is 0 Å². The first-order valence-electron chi connectivity index (χ1n) is 7.83. The van der Waals surface area contributed by atoms with E-state index in [2.05, 4.69) is 5.32 Å². The van der Waals surface area contributed by atoms with E-state index in [4.69, 9.17) is 0 Å². The molecule has 4 heteroatoms. The maximum atomic E-state index is 12.3. The highest BCUT2D eigenvalue weighted by Gasteiger charge is 2.21. The summed E-state index contributed by atoms with van der Waals surface area (Å²) in [6, 6.07) is 13.1. The molecule has 3 rings (SSSR count). The summed E-state index contributed by atoms with van der Waals surface area (Å²) in [4.78, 5) is 25.8. The van der Waals surface area contributed by atoms with Crippen LogP contribution in [0.2, 0.25) is 0 Å². The lowest BCUT2D eigenvalue weighted by molar-refractivity contribution is -0.117. The van der Waals surface area contributed by atoms with Crippen molar-refractivity contribution < 1.29 is 9.59 Å². The van der Waals surface area contributed by atoms with Gasteiger partial charge in [0.2, 0.25) is 5.91 Å². The number of carbonyl (C=O) groups is 2. The Morgan fingerprint density at radius 3 is 2.39 bits per heavy atom. The Balaban J connectivity index is 1.71. The summed E-state index contributed by atoms with van der Waals surface area (Å²) in [5, 5.41) is 2.89. The molecule has 0 atom stereocenters. The number of benzene rings is 2. The number of nitrogens with zero attached hydrogens (tertiary/aromatic N) is 1. The molecule has 1 aliphatic heterocycles. The number of aryl methyl sites for hydroxylation is 2. The molecule has 2 aromatic carbocycles. The van der Waals surface area contributed by atoms with E-state index in [0.717, 1.165) is 29.9 Å². The largest absolute Gasteiger partial charge is 0.322 e. The smallest absolute Gasteiger partial charge is 0.255 e. The fourth-order valence-electron chi connectivity index (χ4n) is 2.73. The highest BCUT2D eigenvalue weighted by molar-refractivity contribution is 6.04. The molecular formula is C19H20N2O2. The van der Waals surface area contributed by atoms with Gasteiger partial charge < -0.3 is 10.2 Å².